The summed E-state index contributed by atoms with van der Waals surface area (Å²) in [5.41, 5.74) is 6.17. The molecule has 4 heteroatoms. The lowest BCUT2D eigenvalue weighted by atomic mass is 9.99. The van der Waals surface area contributed by atoms with Crippen LogP contribution in [0.25, 0.3) is 0 Å². The van der Waals surface area contributed by atoms with Crippen LogP contribution in [0.2, 0.25) is 0 Å². The molecule has 1 aromatic heterocycles. The van der Waals surface area contributed by atoms with Crippen molar-refractivity contribution in [3.8, 4) is 0 Å². The van der Waals surface area contributed by atoms with Gasteiger partial charge in [-0.05, 0) is 37.3 Å². The zero-order valence-electron chi connectivity index (χ0n) is 7.85. The third kappa shape index (κ3) is 1.68. The quantitative estimate of drug-likeness (QED) is 0.809. The first-order chi connectivity index (χ1) is 6.63. The van der Waals surface area contributed by atoms with Gasteiger partial charge in [-0.1, -0.05) is 0 Å². The van der Waals surface area contributed by atoms with E-state index in [2.05, 4.69) is 0 Å². The summed E-state index contributed by atoms with van der Waals surface area (Å²) in [6, 6.07) is 1.64. The molecule has 1 aliphatic rings. The van der Waals surface area contributed by atoms with Crippen LogP contribution in [-0.2, 0) is 18.8 Å². The molecule has 0 aromatic carbocycles. The standard InChI is InChI=1S/C10H13F2NS/c11-10(12,6-13)9-5-7-3-1-2-4-8(7)14-9/h5H,1-4,6,13H2. The molecule has 0 bridgehead atoms. The molecular formula is C10H13F2NS. The van der Waals surface area contributed by atoms with E-state index in [0.717, 1.165) is 36.1 Å². The Hall–Kier alpha value is -0.480. The molecule has 0 spiro atoms. The predicted octanol–water partition coefficient (Wildman–Crippen LogP) is 2.68. The minimum absolute atomic E-state index is 0.145. The van der Waals surface area contributed by atoms with Crippen LogP contribution < -0.4 is 5.73 Å². The molecule has 0 saturated carbocycles. The van der Waals surface area contributed by atoms with Gasteiger partial charge in [-0.3, -0.25) is 0 Å². The van der Waals surface area contributed by atoms with Gasteiger partial charge < -0.3 is 5.73 Å². The number of alkyl halides is 2. The van der Waals surface area contributed by atoms with E-state index in [4.69, 9.17) is 5.73 Å². The molecule has 0 atom stereocenters. The third-order valence-corrected chi connectivity index (χ3v) is 3.96. The van der Waals surface area contributed by atoms with Crippen molar-refractivity contribution >= 4 is 11.3 Å². The lowest BCUT2D eigenvalue weighted by molar-refractivity contribution is 0.00985. The Morgan fingerprint density at radius 2 is 2.07 bits per heavy atom. The molecule has 78 valence electrons. The van der Waals surface area contributed by atoms with Crippen LogP contribution in [0.1, 0.15) is 28.2 Å². The van der Waals surface area contributed by atoms with Gasteiger partial charge in [0.05, 0.1) is 11.4 Å². The van der Waals surface area contributed by atoms with Gasteiger partial charge in [0, 0.05) is 4.88 Å². The summed E-state index contributed by atoms with van der Waals surface area (Å²) in [7, 11) is 0. The van der Waals surface area contributed by atoms with Gasteiger partial charge in [-0.25, -0.2) is 0 Å². The van der Waals surface area contributed by atoms with Crippen LogP contribution in [0.5, 0.6) is 0 Å². The number of rotatable bonds is 2. The monoisotopic (exact) mass is 217 g/mol. The highest BCUT2D eigenvalue weighted by molar-refractivity contribution is 7.12. The highest BCUT2D eigenvalue weighted by Gasteiger charge is 2.32. The first-order valence-corrected chi connectivity index (χ1v) is 5.65. The van der Waals surface area contributed by atoms with Gasteiger partial charge in [0.25, 0.3) is 5.92 Å². The maximum absolute atomic E-state index is 13.3. The minimum Gasteiger partial charge on any atom is -0.325 e. The number of nitrogens with two attached hydrogens (primary N) is 1. The van der Waals surface area contributed by atoms with E-state index in [1.165, 1.54) is 11.3 Å². The molecule has 0 fully saturated rings. The van der Waals surface area contributed by atoms with E-state index < -0.39 is 12.5 Å². The average Bonchev–Trinajstić information content (AvgIpc) is 2.61. The molecule has 1 nitrogen and oxygen atoms in total. The summed E-state index contributed by atoms with van der Waals surface area (Å²) in [6.07, 6.45) is 4.16. The van der Waals surface area contributed by atoms with Crippen molar-refractivity contribution in [2.75, 3.05) is 6.54 Å². The fourth-order valence-corrected chi connectivity index (χ4v) is 3.01. The SMILES string of the molecule is NCC(F)(F)c1cc2c(s1)CCCC2. The van der Waals surface area contributed by atoms with Crippen LogP contribution in [0.4, 0.5) is 8.78 Å². The third-order valence-electron chi connectivity index (χ3n) is 2.61. The number of hydrogen-bond acceptors (Lipinski definition) is 2. The normalized spacial score (nSPS) is 16.8. The molecule has 0 radical (unpaired) electrons. The van der Waals surface area contributed by atoms with E-state index in [1.54, 1.807) is 6.07 Å². The number of thiophene rings is 1. The van der Waals surface area contributed by atoms with Gasteiger partial charge in [-0.15, -0.1) is 11.3 Å². The van der Waals surface area contributed by atoms with Crippen molar-refractivity contribution in [3.05, 3.63) is 21.4 Å². The van der Waals surface area contributed by atoms with Crippen LogP contribution in [0.3, 0.4) is 0 Å². The average molecular weight is 217 g/mol. The summed E-state index contributed by atoms with van der Waals surface area (Å²) in [5, 5.41) is 0. The first kappa shape index (κ1) is 10.1. The molecule has 14 heavy (non-hydrogen) atoms. The Kier molecular flexibility index (Phi) is 2.58. The molecule has 2 N–H and O–H groups in total. The predicted molar refractivity (Wildman–Crippen MR) is 53.9 cm³/mol. The highest BCUT2D eigenvalue weighted by Crippen LogP contribution is 2.37. The van der Waals surface area contributed by atoms with Crippen molar-refractivity contribution < 1.29 is 8.78 Å². The van der Waals surface area contributed by atoms with E-state index in [0.29, 0.717) is 0 Å². The lowest BCUT2D eigenvalue weighted by Gasteiger charge is -2.10. The molecule has 0 unspecified atom stereocenters. The second kappa shape index (κ2) is 3.59. The Labute approximate surface area is 85.9 Å². The molecule has 0 aliphatic heterocycles. The molecule has 2 rings (SSSR count). The van der Waals surface area contributed by atoms with E-state index in [-0.39, 0.29) is 4.88 Å². The molecule has 1 aromatic rings. The van der Waals surface area contributed by atoms with E-state index in [9.17, 15) is 8.78 Å². The molecule has 1 heterocycles. The van der Waals surface area contributed by atoms with Crippen molar-refractivity contribution in [1.82, 2.24) is 0 Å². The Morgan fingerprint density at radius 1 is 1.36 bits per heavy atom. The Morgan fingerprint density at radius 3 is 2.71 bits per heavy atom. The Balaban J connectivity index is 2.32. The zero-order valence-corrected chi connectivity index (χ0v) is 8.67. The van der Waals surface area contributed by atoms with Crippen LogP contribution in [0.15, 0.2) is 6.07 Å². The number of halogens is 2. The number of aryl methyl sites for hydroxylation is 2. The van der Waals surface area contributed by atoms with Crippen molar-refractivity contribution in [1.29, 1.82) is 0 Å². The summed E-state index contributed by atoms with van der Waals surface area (Å²) < 4.78 is 26.5. The second-order valence-electron chi connectivity index (χ2n) is 3.67. The van der Waals surface area contributed by atoms with Crippen LogP contribution in [0, 0.1) is 0 Å². The van der Waals surface area contributed by atoms with Gasteiger partial charge in [0.15, 0.2) is 0 Å². The van der Waals surface area contributed by atoms with Crippen LogP contribution in [-0.4, -0.2) is 6.54 Å². The molecule has 0 amide bonds. The summed E-state index contributed by atoms with van der Waals surface area (Å²) in [5.74, 6) is -2.83. The summed E-state index contributed by atoms with van der Waals surface area (Å²) in [4.78, 5) is 1.28. The van der Waals surface area contributed by atoms with Crippen molar-refractivity contribution in [2.45, 2.75) is 31.6 Å². The lowest BCUT2D eigenvalue weighted by Crippen LogP contribution is -2.23. The maximum atomic E-state index is 13.3. The highest BCUT2D eigenvalue weighted by atomic mass is 32.1. The smallest absolute Gasteiger partial charge is 0.294 e. The zero-order chi connectivity index (χ0) is 10.2. The fraction of sp³-hybridized carbons (Fsp3) is 0.600. The summed E-state index contributed by atoms with van der Waals surface area (Å²) >= 11 is 1.24. The van der Waals surface area contributed by atoms with E-state index in [1.807, 2.05) is 0 Å². The number of hydrogen-bond donors (Lipinski definition) is 1. The molecule has 0 saturated heterocycles. The van der Waals surface area contributed by atoms with Gasteiger partial charge in [0.1, 0.15) is 0 Å². The number of fused-ring (bicyclic) bond motifs is 1. The largest absolute Gasteiger partial charge is 0.325 e. The van der Waals surface area contributed by atoms with Crippen molar-refractivity contribution in [2.24, 2.45) is 5.73 Å². The second-order valence-corrected chi connectivity index (χ2v) is 4.81. The van der Waals surface area contributed by atoms with Crippen LogP contribution >= 0.6 is 11.3 Å². The van der Waals surface area contributed by atoms with E-state index >= 15 is 0 Å². The maximum Gasteiger partial charge on any atom is 0.294 e. The van der Waals surface area contributed by atoms with Gasteiger partial charge in [0.2, 0.25) is 0 Å². The fourth-order valence-electron chi connectivity index (χ4n) is 1.77. The summed E-state index contributed by atoms with van der Waals surface area (Å²) in [6.45, 7) is -0.591. The van der Waals surface area contributed by atoms with Gasteiger partial charge >= 0.3 is 0 Å². The topological polar surface area (TPSA) is 26.0 Å². The Bertz CT molecular complexity index is 309. The van der Waals surface area contributed by atoms with Crippen molar-refractivity contribution in [3.63, 3.8) is 0 Å². The molecular weight excluding hydrogens is 204 g/mol. The van der Waals surface area contributed by atoms with Gasteiger partial charge in [-0.2, -0.15) is 8.78 Å². The minimum atomic E-state index is -2.83. The molecule has 1 aliphatic carbocycles. The first-order valence-electron chi connectivity index (χ1n) is 4.83.